The van der Waals surface area contributed by atoms with E-state index in [9.17, 15) is 4.79 Å². The summed E-state index contributed by atoms with van der Waals surface area (Å²) in [5.41, 5.74) is 1.54. The Hall–Kier alpha value is -1.29. The molecule has 0 fully saturated rings. The Labute approximate surface area is 115 Å². The van der Waals surface area contributed by atoms with Crippen molar-refractivity contribution in [2.24, 2.45) is 0 Å². The normalized spacial score (nSPS) is 11.8. The molecule has 0 aliphatic rings. The third-order valence-corrected chi connectivity index (χ3v) is 2.98. The maximum absolute atomic E-state index is 11.8. The van der Waals surface area contributed by atoms with Crippen LogP contribution in [-0.4, -0.2) is 16.6 Å². The highest BCUT2D eigenvalue weighted by Crippen LogP contribution is 2.23. The van der Waals surface area contributed by atoms with Crippen LogP contribution >= 0.6 is 15.9 Å². The van der Waals surface area contributed by atoms with Gasteiger partial charge in [0.1, 0.15) is 5.60 Å². The fourth-order valence-electron chi connectivity index (χ4n) is 1.83. The topological polar surface area (TPSA) is 42.1 Å². The lowest BCUT2D eigenvalue weighted by atomic mass is 10.1. The van der Waals surface area contributed by atoms with E-state index in [-0.39, 0.29) is 12.4 Å². The average Bonchev–Trinajstić information content (AvgIpc) is 2.58. The van der Waals surface area contributed by atoms with Crippen molar-refractivity contribution in [1.29, 1.82) is 0 Å². The molecule has 2 rings (SSSR count). The van der Waals surface area contributed by atoms with Gasteiger partial charge in [0.05, 0.1) is 6.42 Å². The number of benzene rings is 1. The van der Waals surface area contributed by atoms with Crippen molar-refractivity contribution in [2.75, 3.05) is 0 Å². The molecule has 0 bridgehead atoms. The first-order chi connectivity index (χ1) is 8.35. The molecule has 3 nitrogen and oxygen atoms in total. The number of aromatic nitrogens is 1. The first kappa shape index (κ1) is 13.1. The highest BCUT2D eigenvalue weighted by Gasteiger charge is 2.17. The summed E-state index contributed by atoms with van der Waals surface area (Å²) in [6.45, 7) is 5.62. The first-order valence-corrected chi connectivity index (χ1v) is 6.62. The van der Waals surface area contributed by atoms with Crippen LogP contribution in [0.15, 0.2) is 28.9 Å². The number of H-pyrrole nitrogens is 1. The zero-order valence-corrected chi connectivity index (χ0v) is 12.3. The largest absolute Gasteiger partial charge is 0.460 e. The molecule has 0 saturated heterocycles. The van der Waals surface area contributed by atoms with Crippen LogP contribution in [0.25, 0.3) is 10.9 Å². The summed E-state index contributed by atoms with van der Waals surface area (Å²) in [6, 6.07) is 5.96. The lowest BCUT2D eigenvalue weighted by Gasteiger charge is -2.19. The van der Waals surface area contributed by atoms with Crippen LogP contribution in [0, 0.1) is 0 Å². The minimum absolute atomic E-state index is 0.205. The molecule has 0 radical (unpaired) electrons. The SMILES string of the molecule is CC(C)(C)OC(=O)Cc1c[nH]c2ccc(Br)cc12. The molecule has 1 aromatic carbocycles. The molecule has 0 aliphatic carbocycles. The van der Waals surface area contributed by atoms with Gasteiger partial charge in [0.15, 0.2) is 0 Å². The second kappa shape index (κ2) is 4.76. The molecule has 96 valence electrons. The molecule has 18 heavy (non-hydrogen) atoms. The molecule has 0 saturated carbocycles. The summed E-state index contributed by atoms with van der Waals surface area (Å²) in [6.07, 6.45) is 2.15. The Bertz CT molecular complexity index is 581. The van der Waals surface area contributed by atoms with Crippen molar-refractivity contribution in [3.63, 3.8) is 0 Å². The molecule has 2 aromatic rings. The quantitative estimate of drug-likeness (QED) is 0.857. The maximum Gasteiger partial charge on any atom is 0.310 e. The lowest BCUT2D eigenvalue weighted by molar-refractivity contribution is -0.153. The van der Waals surface area contributed by atoms with Gasteiger partial charge in [-0.3, -0.25) is 4.79 Å². The number of aromatic amines is 1. The number of halogens is 1. The molecular formula is C14H16BrNO2. The second-order valence-electron chi connectivity index (χ2n) is 5.27. The van der Waals surface area contributed by atoms with E-state index in [1.54, 1.807) is 0 Å². The summed E-state index contributed by atoms with van der Waals surface area (Å²) < 4.78 is 6.33. The molecule has 1 heterocycles. The van der Waals surface area contributed by atoms with E-state index in [2.05, 4.69) is 20.9 Å². The fourth-order valence-corrected chi connectivity index (χ4v) is 2.19. The van der Waals surface area contributed by atoms with Gasteiger partial charge in [0.25, 0.3) is 0 Å². The standard InChI is InChI=1S/C14H16BrNO2/c1-14(2,3)18-13(17)6-9-8-16-12-5-4-10(15)7-11(9)12/h4-5,7-8,16H,6H2,1-3H3. The monoisotopic (exact) mass is 309 g/mol. The molecular weight excluding hydrogens is 294 g/mol. The molecule has 0 aliphatic heterocycles. The Morgan fingerprint density at radius 1 is 1.39 bits per heavy atom. The second-order valence-corrected chi connectivity index (χ2v) is 6.18. The molecule has 0 atom stereocenters. The Balaban J connectivity index is 2.22. The zero-order valence-electron chi connectivity index (χ0n) is 10.7. The Morgan fingerprint density at radius 3 is 2.78 bits per heavy atom. The highest BCUT2D eigenvalue weighted by atomic mass is 79.9. The van der Waals surface area contributed by atoms with Crippen LogP contribution in [0.4, 0.5) is 0 Å². The average molecular weight is 310 g/mol. The van der Waals surface area contributed by atoms with Gasteiger partial charge < -0.3 is 9.72 Å². The van der Waals surface area contributed by atoms with Crippen LogP contribution in [0.1, 0.15) is 26.3 Å². The number of hydrogen-bond acceptors (Lipinski definition) is 2. The number of carbonyl (C=O) groups is 1. The predicted octanol–water partition coefficient (Wildman–Crippen LogP) is 3.81. The molecule has 0 unspecified atom stereocenters. The molecule has 0 amide bonds. The number of hydrogen-bond donors (Lipinski definition) is 1. The Morgan fingerprint density at radius 2 is 2.11 bits per heavy atom. The van der Waals surface area contributed by atoms with Crippen molar-refractivity contribution in [1.82, 2.24) is 4.98 Å². The van der Waals surface area contributed by atoms with E-state index in [1.165, 1.54) is 0 Å². The highest BCUT2D eigenvalue weighted by molar-refractivity contribution is 9.10. The van der Waals surface area contributed by atoms with Gasteiger partial charge in [-0.25, -0.2) is 0 Å². The van der Waals surface area contributed by atoms with E-state index in [4.69, 9.17) is 4.74 Å². The van der Waals surface area contributed by atoms with Crippen LogP contribution in [0.2, 0.25) is 0 Å². The van der Waals surface area contributed by atoms with Crippen molar-refractivity contribution >= 4 is 32.8 Å². The number of esters is 1. The molecule has 4 heteroatoms. The third kappa shape index (κ3) is 3.13. The van der Waals surface area contributed by atoms with Crippen molar-refractivity contribution < 1.29 is 9.53 Å². The van der Waals surface area contributed by atoms with E-state index in [0.29, 0.717) is 0 Å². The van der Waals surface area contributed by atoms with Crippen LogP contribution in [-0.2, 0) is 16.0 Å². The minimum atomic E-state index is -0.441. The number of ether oxygens (including phenoxy) is 1. The van der Waals surface area contributed by atoms with Crippen molar-refractivity contribution in [3.8, 4) is 0 Å². The zero-order chi connectivity index (χ0) is 13.3. The van der Waals surface area contributed by atoms with Gasteiger partial charge in [0, 0.05) is 21.6 Å². The maximum atomic E-state index is 11.8. The molecule has 0 spiro atoms. The lowest BCUT2D eigenvalue weighted by Crippen LogP contribution is -2.24. The van der Waals surface area contributed by atoms with E-state index in [0.717, 1.165) is 20.9 Å². The number of fused-ring (bicyclic) bond motifs is 1. The van der Waals surface area contributed by atoms with Gasteiger partial charge in [-0.15, -0.1) is 0 Å². The van der Waals surface area contributed by atoms with Gasteiger partial charge in [-0.1, -0.05) is 15.9 Å². The number of rotatable bonds is 2. The van der Waals surface area contributed by atoms with Gasteiger partial charge in [-0.05, 0) is 44.5 Å². The van der Waals surface area contributed by atoms with Crippen LogP contribution < -0.4 is 0 Å². The van der Waals surface area contributed by atoms with E-state index < -0.39 is 5.60 Å². The summed E-state index contributed by atoms with van der Waals surface area (Å²) in [4.78, 5) is 15.0. The van der Waals surface area contributed by atoms with Gasteiger partial charge >= 0.3 is 5.97 Å². The summed E-state index contributed by atoms with van der Waals surface area (Å²) in [7, 11) is 0. The number of carbonyl (C=O) groups excluding carboxylic acids is 1. The fraction of sp³-hybridized carbons (Fsp3) is 0.357. The van der Waals surface area contributed by atoms with Gasteiger partial charge in [-0.2, -0.15) is 0 Å². The van der Waals surface area contributed by atoms with Crippen molar-refractivity contribution in [2.45, 2.75) is 32.8 Å². The summed E-state index contributed by atoms with van der Waals surface area (Å²) in [5, 5.41) is 1.05. The van der Waals surface area contributed by atoms with Gasteiger partial charge in [0.2, 0.25) is 0 Å². The molecule has 1 N–H and O–H groups in total. The smallest absolute Gasteiger partial charge is 0.310 e. The summed E-state index contributed by atoms with van der Waals surface area (Å²) in [5.74, 6) is -0.205. The van der Waals surface area contributed by atoms with E-state index >= 15 is 0 Å². The van der Waals surface area contributed by atoms with Crippen LogP contribution in [0.5, 0.6) is 0 Å². The Kier molecular flexibility index (Phi) is 3.48. The van der Waals surface area contributed by atoms with Crippen LogP contribution in [0.3, 0.4) is 0 Å². The third-order valence-electron chi connectivity index (χ3n) is 2.48. The van der Waals surface area contributed by atoms with Crippen molar-refractivity contribution in [3.05, 3.63) is 34.4 Å². The van der Waals surface area contributed by atoms with E-state index in [1.807, 2.05) is 45.2 Å². The first-order valence-electron chi connectivity index (χ1n) is 5.82. The minimum Gasteiger partial charge on any atom is -0.460 e. The number of nitrogens with one attached hydrogen (secondary N) is 1. The summed E-state index contributed by atoms with van der Waals surface area (Å²) >= 11 is 3.44. The molecule has 1 aromatic heterocycles. The predicted molar refractivity (Wildman–Crippen MR) is 75.5 cm³/mol.